The van der Waals surface area contributed by atoms with Crippen LogP contribution >= 0.6 is 0 Å². The molecular formula is C78H51N3. The van der Waals surface area contributed by atoms with Gasteiger partial charge in [-0.3, -0.25) is 0 Å². The average Bonchev–Trinajstić information content (AvgIpc) is 4.31. The summed E-state index contributed by atoms with van der Waals surface area (Å²) in [4.78, 5) is 0. The van der Waals surface area contributed by atoms with Crippen LogP contribution in [0.2, 0.25) is 0 Å². The molecule has 3 aromatic heterocycles. The van der Waals surface area contributed by atoms with Gasteiger partial charge >= 0.3 is 0 Å². The summed E-state index contributed by atoms with van der Waals surface area (Å²) >= 11 is 0. The van der Waals surface area contributed by atoms with Crippen LogP contribution in [0.3, 0.4) is 0 Å². The maximum absolute atomic E-state index is 2.42. The zero-order valence-electron chi connectivity index (χ0n) is 44.3. The van der Waals surface area contributed by atoms with E-state index in [4.69, 9.17) is 0 Å². The zero-order valence-corrected chi connectivity index (χ0v) is 44.3. The molecule has 378 valence electrons. The van der Waals surface area contributed by atoms with E-state index in [9.17, 15) is 0 Å². The molecule has 0 radical (unpaired) electrons. The van der Waals surface area contributed by atoms with Gasteiger partial charge in [0.15, 0.2) is 0 Å². The van der Waals surface area contributed by atoms with E-state index in [0.717, 1.165) is 17.1 Å². The number of nitrogens with zero attached hydrogens (tertiary/aromatic N) is 3. The van der Waals surface area contributed by atoms with Gasteiger partial charge in [0.1, 0.15) is 0 Å². The Hall–Kier alpha value is -10.7. The van der Waals surface area contributed by atoms with Crippen molar-refractivity contribution in [2.45, 2.75) is 0 Å². The summed E-state index contributed by atoms with van der Waals surface area (Å²) in [6.07, 6.45) is 0. The molecule has 0 atom stereocenters. The highest BCUT2D eigenvalue weighted by atomic mass is 15.0. The van der Waals surface area contributed by atoms with Crippen molar-refractivity contribution in [3.8, 4) is 83.8 Å². The molecule has 0 unspecified atom stereocenters. The fraction of sp³-hybridized carbons (Fsp3) is 0. The van der Waals surface area contributed by atoms with Crippen LogP contribution in [0.15, 0.2) is 309 Å². The normalized spacial score (nSPS) is 11.7. The van der Waals surface area contributed by atoms with Gasteiger partial charge in [-0.25, -0.2) is 0 Å². The molecule has 0 aliphatic rings. The fourth-order valence-electron chi connectivity index (χ4n) is 12.7. The molecule has 0 N–H and O–H groups in total. The number of benzene rings is 13. The lowest BCUT2D eigenvalue weighted by Gasteiger charge is -2.09. The molecule has 16 rings (SSSR count). The lowest BCUT2D eigenvalue weighted by Crippen LogP contribution is -1.93. The number of hydrogen-bond donors (Lipinski definition) is 0. The van der Waals surface area contributed by atoms with Crippen molar-refractivity contribution in [1.29, 1.82) is 0 Å². The second-order valence-corrected chi connectivity index (χ2v) is 21.3. The molecule has 0 bridgehead atoms. The van der Waals surface area contributed by atoms with Crippen LogP contribution in [0.25, 0.3) is 149 Å². The summed E-state index contributed by atoms with van der Waals surface area (Å²) in [5.41, 5.74) is 24.8. The van der Waals surface area contributed by atoms with Gasteiger partial charge in [0, 0.05) is 49.4 Å². The highest BCUT2D eigenvalue weighted by molar-refractivity contribution is 6.15. The van der Waals surface area contributed by atoms with Crippen LogP contribution in [0.1, 0.15) is 0 Å². The molecule has 0 aliphatic heterocycles. The molecule has 16 aromatic rings. The van der Waals surface area contributed by atoms with Crippen molar-refractivity contribution >= 4 is 65.4 Å². The van der Waals surface area contributed by atoms with Crippen LogP contribution in [0, 0.1) is 0 Å². The van der Waals surface area contributed by atoms with E-state index in [1.165, 1.54) is 132 Å². The molecule has 13 aromatic carbocycles. The third-order valence-electron chi connectivity index (χ3n) is 16.6. The number of para-hydroxylation sites is 3. The quantitative estimate of drug-likeness (QED) is 0.137. The van der Waals surface area contributed by atoms with Gasteiger partial charge in [0.25, 0.3) is 0 Å². The zero-order chi connectivity index (χ0) is 53.4. The Morgan fingerprint density at radius 1 is 0.136 bits per heavy atom. The molecule has 0 fully saturated rings. The average molecular weight is 1030 g/mol. The molecule has 0 spiro atoms. The van der Waals surface area contributed by atoms with E-state index in [0.29, 0.717) is 0 Å². The lowest BCUT2D eigenvalue weighted by molar-refractivity contribution is 1.18. The number of aromatic nitrogens is 3. The Bertz CT molecular complexity index is 4770. The summed E-state index contributed by atoms with van der Waals surface area (Å²) in [5.74, 6) is 0. The third-order valence-corrected chi connectivity index (χ3v) is 16.6. The number of hydrogen-bond acceptors (Lipinski definition) is 0. The maximum Gasteiger partial charge on any atom is 0.0541 e. The first-order valence-corrected chi connectivity index (χ1v) is 27.9. The van der Waals surface area contributed by atoms with E-state index in [-0.39, 0.29) is 0 Å². The summed E-state index contributed by atoms with van der Waals surface area (Å²) in [7, 11) is 0. The SMILES string of the molecule is c1ccc(-c2cccc(-c3ccc4c(c3)c3cc(-c5ccc6c(c5)c5cc(-c7ccc8c(c7)c7cc(-c9cccc(-c%10ccccc%10)c9)ccc7n8-c7ccccc7)ccc5n6-c5ccccc5)ccc3n4-c3ccccc3)c2)cc1. The second-order valence-electron chi connectivity index (χ2n) is 21.3. The molecule has 3 heterocycles. The van der Waals surface area contributed by atoms with Crippen molar-refractivity contribution in [3.05, 3.63) is 309 Å². The van der Waals surface area contributed by atoms with Gasteiger partial charge in [-0.2, -0.15) is 0 Å². The van der Waals surface area contributed by atoms with Crippen molar-refractivity contribution in [2.75, 3.05) is 0 Å². The largest absolute Gasteiger partial charge is 0.309 e. The molecule has 0 aliphatic carbocycles. The Kier molecular flexibility index (Phi) is 10.9. The molecule has 0 amide bonds. The van der Waals surface area contributed by atoms with Gasteiger partial charge < -0.3 is 13.7 Å². The topological polar surface area (TPSA) is 14.8 Å². The Morgan fingerprint density at radius 2 is 0.321 bits per heavy atom. The predicted molar refractivity (Wildman–Crippen MR) is 342 cm³/mol. The van der Waals surface area contributed by atoms with Crippen molar-refractivity contribution in [3.63, 3.8) is 0 Å². The standard InChI is InChI=1S/C78H51N3/c1-6-18-52(19-7-1)54-22-16-24-56(44-54)58-32-38-73-67(46-58)69-48-60(34-40-75(69)79(73)64-26-10-3-11-27-64)62-36-42-77-71(50-62)72-51-63(37-43-78(72)81(77)66-30-14-5-15-31-66)61-35-41-76-70(49-61)68-47-59(33-39-74(68)80(76)65-28-12-4-13-29-65)57-25-17-23-55(45-57)53-20-8-2-9-21-53/h1-51H. The van der Waals surface area contributed by atoms with Crippen molar-refractivity contribution in [1.82, 2.24) is 13.7 Å². The van der Waals surface area contributed by atoms with E-state index >= 15 is 0 Å². The van der Waals surface area contributed by atoms with E-state index in [1.807, 2.05) is 0 Å². The summed E-state index contributed by atoms with van der Waals surface area (Å²) in [5, 5.41) is 7.32. The van der Waals surface area contributed by atoms with Crippen LogP contribution in [0.4, 0.5) is 0 Å². The molecule has 3 heteroatoms. The van der Waals surface area contributed by atoms with Gasteiger partial charge in [0.05, 0.1) is 33.1 Å². The van der Waals surface area contributed by atoms with E-state index in [2.05, 4.69) is 323 Å². The van der Waals surface area contributed by atoms with Crippen LogP contribution in [-0.4, -0.2) is 13.7 Å². The highest BCUT2D eigenvalue weighted by Crippen LogP contribution is 2.43. The Labute approximate surface area is 469 Å². The van der Waals surface area contributed by atoms with E-state index < -0.39 is 0 Å². The van der Waals surface area contributed by atoms with Crippen LogP contribution in [0.5, 0.6) is 0 Å². The smallest absolute Gasteiger partial charge is 0.0541 e. The minimum Gasteiger partial charge on any atom is -0.309 e. The van der Waals surface area contributed by atoms with Crippen molar-refractivity contribution < 1.29 is 0 Å². The predicted octanol–water partition coefficient (Wildman–Crippen LogP) is 21.0. The first-order chi connectivity index (χ1) is 40.1. The molecule has 3 nitrogen and oxygen atoms in total. The van der Waals surface area contributed by atoms with Crippen LogP contribution in [-0.2, 0) is 0 Å². The number of fused-ring (bicyclic) bond motifs is 9. The molecular weight excluding hydrogens is 979 g/mol. The second kappa shape index (κ2) is 19.0. The monoisotopic (exact) mass is 1030 g/mol. The minimum atomic E-state index is 1.14. The molecule has 0 saturated heterocycles. The molecule has 0 saturated carbocycles. The Balaban J connectivity index is 0.852. The van der Waals surface area contributed by atoms with Gasteiger partial charge in [-0.15, -0.1) is 0 Å². The summed E-state index contributed by atoms with van der Waals surface area (Å²) < 4.78 is 7.25. The minimum absolute atomic E-state index is 1.14. The van der Waals surface area contributed by atoms with Gasteiger partial charge in [-0.1, -0.05) is 188 Å². The molecule has 81 heavy (non-hydrogen) atoms. The summed E-state index contributed by atoms with van der Waals surface area (Å²) in [6.45, 7) is 0. The van der Waals surface area contributed by atoms with Gasteiger partial charge in [0.2, 0.25) is 0 Å². The lowest BCUT2D eigenvalue weighted by atomic mass is 9.96. The maximum atomic E-state index is 2.42. The highest BCUT2D eigenvalue weighted by Gasteiger charge is 2.20. The summed E-state index contributed by atoms with van der Waals surface area (Å²) in [6, 6.07) is 114. The first-order valence-electron chi connectivity index (χ1n) is 27.9. The van der Waals surface area contributed by atoms with E-state index in [1.54, 1.807) is 0 Å². The van der Waals surface area contributed by atoms with Crippen LogP contribution < -0.4 is 0 Å². The third kappa shape index (κ3) is 7.89. The van der Waals surface area contributed by atoms with Gasteiger partial charge in [-0.05, 0) is 188 Å². The Morgan fingerprint density at radius 3 is 0.556 bits per heavy atom. The number of rotatable bonds is 9. The fourth-order valence-corrected chi connectivity index (χ4v) is 12.7. The van der Waals surface area contributed by atoms with Crippen molar-refractivity contribution in [2.24, 2.45) is 0 Å². The first kappa shape index (κ1) is 46.4.